The lowest BCUT2D eigenvalue weighted by Crippen LogP contribution is -2.10. The number of rotatable bonds is 5. The number of amides is 1. The summed E-state index contributed by atoms with van der Waals surface area (Å²) in [6, 6.07) is 7.71. The smallest absolute Gasteiger partial charge is 0.260 e. The molecule has 7 heteroatoms. The maximum absolute atomic E-state index is 12.1. The average molecular weight is 347 g/mol. The van der Waals surface area contributed by atoms with Gasteiger partial charge in [0.1, 0.15) is 0 Å². The third-order valence-corrected chi connectivity index (χ3v) is 4.60. The highest BCUT2D eigenvalue weighted by molar-refractivity contribution is 7.15. The van der Waals surface area contributed by atoms with Crippen molar-refractivity contribution in [3.8, 4) is 0 Å². The first-order chi connectivity index (χ1) is 11.2. The number of carbonyl (C=O) groups excluding carboxylic acids is 1. The Morgan fingerprint density at radius 1 is 1.35 bits per heavy atom. The Bertz CT molecular complexity index is 827. The first kappa shape index (κ1) is 15.7. The summed E-state index contributed by atoms with van der Waals surface area (Å²) in [6.07, 6.45) is 5.73. The van der Waals surface area contributed by atoms with E-state index in [0.717, 1.165) is 22.0 Å². The lowest BCUT2D eigenvalue weighted by Gasteiger charge is -2.01. The van der Waals surface area contributed by atoms with Crippen molar-refractivity contribution < 1.29 is 4.79 Å². The molecule has 0 bridgehead atoms. The Kier molecular flexibility index (Phi) is 4.73. The number of aromatic nitrogens is 3. The number of anilines is 1. The van der Waals surface area contributed by atoms with Gasteiger partial charge in [-0.15, -0.1) is 11.3 Å². The molecule has 0 aliphatic carbocycles. The third kappa shape index (κ3) is 3.78. The van der Waals surface area contributed by atoms with Crippen LogP contribution in [0.3, 0.4) is 0 Å². The second kappa shape index (κ2) is 6.93. The second-order valence-corrected chi connectivity index (χ2v) is 6.46. The molecule has 2 aromatic heterocycles. The summed E-state index contributed by atoms with van der Waals surface area (Å²) in [4.78, 5) is 17.4. The molecule has 0 aliphatic rings. The summed E-state index contributed by atoms with van der Waals surface area (Å²) in [5.41, 5.74) is 1.56. The van der Waals surface area contributed by atoms with Crippen LogP contribution in [0.2, 0.25) is 5.02 Å². The quantitative estimate of drug-likeness (QED) is 0.763. The van der Waals surface area contributed by atoms with Crippen LogP contribution in [0.5, 0.6) is 0 Å². The number of hydrogen-bond donors (Lipinski definition) is 1. The van der Waals surface area contributed by atoms with E-state index in [2.05, 4.69) is 15.4 Å². The maximum atomic E-state index is 12.1. The number of thiazole rings is 1. The molecule has 0 fully saturated rings. The highest BCUT2D eigenvalue weighted by atomic mass is 35.5. The molecular formula is C16H15ClN4OS. The molecule has 1 amide bonds. The molecule has 0 unspecified atom stereocenters. The lowest BCUT2D eigenvalue weighted by molar-refractivity contribution is 0.102. The molecule has 5 nitrogen and oxygen atoms in total. The number of nitrogens with one attached hydrogen (secondary N) is 1. The van der Waals surface area contributed by atoms with Crippen molar-refractivity contribution in [2.75, 3.05) is 5.32 Å². The van der Waals surface area contributed by atoms with Crippen LogP contribution in [0, 0.1) is 0 Å². The Balaban J connectivity index is 1.67. The van der Waals surface area contributed by atoms with Gasteiger partial charge in [-0.05, 0) is 18.6 Å². The average Bonchev–Trinajstić information content (AvgIpc) is 3.19. The summed E-state index contributed by atoms with van der Waals surface area (Å²) in [5.74, 6) is -0.205. The minimum Gasteiger partial charge on any atom is -0.298 e. The summed E-state index contributed by atoms with van der Waals surface area (Å²) in [6.45, 7) is 2.70. The fourth-order valence-electron chi connectivity index (χ4n) is 2.10. The zero-order valence-corrected chi connectivity index (χ0v) is 14.1. The van der Waals surface area contributed by atoms with E-state index in [0.29, 0.717) is 17.1 Å². The predicted molar refractivity (Wildman–Crippen MR) is 92.2 cm³/mol. The van der Waals surface area contributed by atoms with Gasteiger partial charge in [0.2, 0.25) is 0 Å². The highest BCUT2D eigenvalue weighted by Crippen LogP contribution is 2.24. The monoisotopic (exact) mass is 346 g/mol. The molecule has 2 heterocycles. The molecule has 23 heavy (non-hydrogen) atoms. The van der Waals surface area contributed by atoms with Crippen molar-refractivity contribution in [1.82, 2.24) is 14.8 Å². The molecular weight excluding hydrogens is 332 g/mol. The van der Waals surface area contributed by atoms with Crippen molar-refractivity contribution in [2.45, 2.75) is 19.9 Å². The number of benzene rings is 1. The molecule has 0 radical (unpaired) electrons. The molecule has 0 atom stereocenters. The third-order valence-electron chi connectivity index (χ3n) is 3.32. The molecule has 0 spiro atoms. The van der Waals surface area contributed by atoms with Crippen molar-refractivity contribution in [3.63, 3.8) is 0 Å². The fourth-order valence-corrected chi connectivity index (χ4v) is 3.13. The van der Waals surface area contributed by atoms with Gasteiger partial charge in [0, 0.05) is 35.3 Å². The van der Waals surface area contributed by atoms with Crippen molar-refractivity contribution >= 4 is 34.0 Å². The minimum atomic E-state index is -0.205. The van der Waals surface area contributed by atoms with Crippen LogP contribution >= 0.6 is 22.9 Å². The Morgan fingerprint density at radius 2 is 2.17 bits per heavy atom. The fraction of sp³-hybridized carbons (Fsp3) is 0.188. The topological polar surface area (TPSA) is 59.8 Å². The van der Waals surface area contributed by atoms with Crippen LogP contribution in [0.4, 0.5) is 5.13 Å². The van der Waals surface area contributed by atoms with Crippen LogP contribution in [-0.2, 0) is 13.0 Å². The molecule has 1 aromatic carbocycles. The van der Waals surface area contributed by atoms with Crippen molar-refractivity contribution in [1.29, 1.82) is 0 Å². The number of hydrogen-bond acceptors (Lipinski definition) is 4. The van der Waals surface area contributed by atoms with Gasteiger partial charge in [-0.25, -0.2) is 4.98 Å². The van der Waals surface area contributed by atoms with E-state index < -0.39 is 0 Å². The molecule has 3 aromatic rings. The van der Waals surface area contributed by atoms with Crippen LogP contribution in [0.25, 0.3) is 0 Å². The number of aryl methyl sites for hydroxylation is 1. The first-order valence-corrected chi connectivity index (χ1v) is 8.37. The van der Waals surface area contributed by atoms with Gasteiger partial charge >= 0.3 is 0 Å². The first-order valence-electron chi connectivity index (χ1n) is 7.17. The van der Waals surface area contributed by atoms with Crippen molar-refractivity contribution in [3.05, 3.63) is 63.9 Å². The van der Waals surface area contributed by atoms with Crippen LogP contribution in [0.1, 0.15) is 27.7 Å². The van der Waals surface area contributed by atoms with E-state index in [4.69, 9.17) is 11.6 Å². The molecule has 0 aliphatic heterocycles. The number of halogens is 1. The van der Waals surface area contributed by atoms with Gasteiger partial charge in [-0.1, -0.05) is 29.8 Å². The molecule has 118 valence electrons. The van der Waals surface area contributed by atoms with E-state index in [1.165, 1.54) is 11.3 Å². The molecule has 1 N–H and O–H groups in total. The second-order valence-electron chi connectivity index (χ2n) is 4.94. The van der Waals surface area contributed by atoms with Crippen LogP contribution in [-0.4, -0.2) is 20.7 Å². The van der Waals surface area contributed by atoms with Gasteiger partial charge in [0.25, 0.3) is 5.91 Å². The Morgan fingerprint density at radius 3 is 2.91 bits per heavy atom. The Hall–Kier alpha value is -2.18. The standard InChI is InChI=1S/C16H15ClN4OS/c1-2-21-10-12(8-19-21)15(22)20-16-18-9-13(23-16)7-11-5-3-4-6-14(11)17/h3-6,8-10H,2,7H2,1H3,(H,18,20,22). The maximum Gasteiger partial charge on any atom is 0.260 e. The predicted octanol–water partition coefficient (Wildman–Crippen LogP) is 3.86. The molecule has 0 saturated heterocycles. The van der Waals surface area contributed by atoms with Gasteiger partial charge in [0.15, 0.2) is 5.13 Å². The van der Waals surface area contributed by atoms with Crippen LogP contribution in [0.15, 0.2) is 42.9 Å². The zero-order chi connectivity index (χ0) is 16.2. The lowest BCUT2D eigenvalue weighted by atomic mass is 10.1. The van der Waals surface area contributed by atoms with Crippen LogP contribution < -0.4 is 5.32 Å². The Labute approximate surface area is 142 Å². The van der Waals surface area contributed by atoms with Crippen molar-refractivity contribution in [2.24, 2.45) is 0 Å². The van der Waals surface area contributed by atoms with E-state index in [-0.39, 0.29) is 5.91 Å². The van der Waals surface area contributed by atoms with Gasteiger partial charge in [-0.2, -0.15) is 5.10 Å². The van der Waals surface area contributed by atoms with E-state index in [1.54, 1.807) is 23.3 Å². The largest absolute Gasteiger partial charge is 0.298 e. The highest BCUT2D eigenvalue weighted by Gasteiger charge is 2.12. The summed E-state index contributed by atoms with van der Waals surface area (Å²) in [7, 11) is 0. The minimum absolute atomic E-state index is 0.205. The van der Waals surface area contributed by atoms with E-state index in [1.807, 2.05) is 31.2 Å². The van der Waals surface area contributed by atoms with Gasteiger partial charge in [0.05, 0.1) is 11.8 Å². The number of nitrogens with zero attached hydrogens (tertiary/aromatic N) is 3. The number of carbonyl (C=O) groups is 1. The molecule has 0 saturated carbocycles. The van der Waals surface area contributed by atoms with Gasteiger partial charge in [-0.3, -0.25) is 14.8 Å². The SMILES string of the molecule is CCn1cc(C(=O)Nc2ncc(Cc3ccccc3Cl)s2)cn1. The summed E-state index contributed by atoms with van der Waals surface area (Å²) in [5, 5.41) is 8.20. The summed E-state index contributed by atoms with van der Waals surface area (Å²) < 4.78 is 1.71. The van der Waals surface area contributed by atoms with E-state index in [9.17, 15) is 4.79 Å². The molecule has 3 rings (SSSR count). The van der Waals surface area contributed by atoms with E-state index >= 15 is 0 Å². The normalized spacial score (nSPS) is 10.7. The van der Waals surface area contributed by atoms with Gasteiger partial charge < -0.3 is 0 Å². The zero-order valence-electron chi connectivity index (χ0n) is 12.5. The summed E-state index contributed by atoms with van der Waals surface area (Å²) >= 11 is 7.61.